The van der Waals surface area contributed by atoms with Gasteiger partial charge in [0.15, 0.2) is 0 Å². The average Bonchev–Trinajstić information content (AvgIpc) is 3.22. The van der Waals surface area contributed by atoms with E-state index in [1.807, 2.05) is 6.92 Å². The van der Waals surface area contributed by atoms with Crippen LogP contribution in [-0.4, -0.2) is 64.8 Å². The lowest BCUT2D eigenvalue weighted by atomic mass is 10.0. The quantitative estimate of drug-likeness (QED) is 0.571. The van der Waals surface area contributed by atoms with E-state index in [0.717, 1.165) is 70.9 Å². The summed E-state index contributed by atoms with van der Waals surface area (Å²) in [5, 5.41) is 4.61. The van der Waals surface area contributed by atoms with Crippen molar-refractivity contribution in [2.75, 3.05) is 13.1 Å². The lowest BCUT2D eigenvalue weighted by Gasteiger charge is -2.25. The molecule has 3 atom stereocenters. The summed E-state index contributed by atoms with van der Waals surface area (Å²) in [5.74, 6) is -0.349. The number of nitrogens with one attached hydrogen (secondary N) is 2. The molecule has 4 fully saturated rings. The highest BCUT2D eigenvalue weighted by Crippen LogP contribution is 2.21. The number of carbonyl (C=O) groups excluding carboxylic acids is 5. The molecule has 10 nitrogen and oxygen atoms in total. The maximum absolute atomic E-state index is 11.0. The molecule has 4 aliphatic heterocycles. The molecule has 0 spiro atoms. The molecule has 0 bridgehead atoms. The topological polar surface area (TPSA) is 142 Å². The first-order valence-electron chi connectivity index (χ1n) is 11.3. The first-order valence-corrected chi connectivity index (χ1v) is 11.3. The number of unbranched alkanes of at least 4 members (excludes halogenated alkanes) is 1. The second-order valence-electron chi connectivity index (χ2n) is 8.44. The summed E-state index contributed by atoms with van der Waals surface area (Å²) in [5.41, 5.74) is 5.04. The van der Waals surface area contributed by atoms with E-state index in [4.69, 9.17) is 5.73 Å². The van der Waals surface area contributed by atoms with Crippen molar-refractivity contribution in [3.05, 3.63) is 0 Å². The third-order valence-corrected chi connectivity index (χ3v) is 6.07. The highest BCUT2D eigenvalue weighted by atomic mass is 16.2. The van der Waals surface area contributed by atoms with Gasteiger partial charge in [-0.05, 0) is 44.9 Å². The molecule has 4 aliphatic rings. The second-order valence-corrected chi connectivity index (χ2v) is 8.44. The van der Waals surface area contributed by atoms with Gasteiger partial charge in [-0.1, -0.05) is 26.7 Å². The zero-order valence-corrected chi connectivity index (χ0v) is 18.5. The summed E-state index contributed by atoms with van der Waals surface area (Å²) >= 11 is 0. The van der Waals surface area contributed by atoms with Gasteiger partial charge in [-0.3, -0.25) is 25.0 Å². The third kappa shape index (κ3) is 6.67. The summed E-state index contributed by atoms with van der Waals surface area (Å²) in [7, 11) is 0. The zero-order chi connectivity index (χ0) is 23.0. The van der Waals surface area contributed by atoms with Crippen LogP contribution in [0.25, 0.3) is 0 Å². The summed E-state index contributed by atoms with van der Waals surface area (Å²) in [6.07, 6.45) is 9.00. The number of nitrogens with two attached hydrogens (primary N) is 1. The molecule has 0 radical (unpaired) electrons. The van der Waals surface area contributed by atoms with Gasteiger partial charge in [0.1, 0.15) is 12.1 Å². The standard InChI is InChI=1S/2C7H10N2O2.C7H15NO/c2*10-6-5-3-1-2-4-9(5)7(11)8-6;1-3-4-5-6(2)7(8)9/h2*5H,1-4H2,(H,8,10,11);6H,3-5H2,1-2H3,(H2,8,9). The summed E-state index contributed by atoms with van der Waals surface area (Å²) in [6.45, 7) is 5.45. The number of rotatable bonds is 4. The molecule has 31 heavy (non-hydrogen) atoms. The van der Waals surface area contributed by atoms with Gasteiger partial charge in [0.05, 0.1) is 0 Å². The Morgan fingerprint density at radius 1 is 0.935 bits per heavy atom. The van der Waals surface area contributed by atoms with Crippen LogP contribution in [0, 0.1) is 5.92 Å². The maximum Gasteiger partial charge on any atom is 0.324 e. The number of primary amides is 1. The molecule has 174 valence electrons. The van der Waals surface area contributed by atoms with E-state index in [2.05, 4.69) is 17.6 Å². The van der Waals surface area contributed by atoms with Crippen LogP contribution in [0.1, 0.15) is 71.6 Å². The van der Waals surface area contributed by atoms with Crippen molar-refractivity contribution in [1.82, 2.24) is 20.4 Å². The molecule has 0 aromatic heterocycles. The van der Waals surface area contributed by atoms with Crippen LogP contribution in [0.4, 0.5) is 9.59 Å². The molecule has 0 aromatic rings. The molecule has 0 aromatic carbocycles. The van der Waals surface area contributed by atoms with Gasteiger partial charge >= 0.3 is 12.1 Å². The first kappa shape index (κ1) is 24.6. The van der Waals surface area contributed by atoms with E-state index in [1.54, 1.807) is 9.80 Å². The van der Waals surface area contributed by atoms with Gasteiger partial charge in [-0.25, -0.2) is 9.59 Å². The molecule has 0 aliphatic carbocycles. The third-order valence-electron chi connectivity index (χ3n) is 6.07. The fourth-order valence-corrected chi connectivity index (χ4v) is 4.07. The maximum atomic E-state index is 11.0. The van der Waals surface area contributed by atoms with Crippen molar-refractivity contribution in [3.63, 3.8) is 0 Å². The van der Waals surface area contributed by atoms with Crippen molar-refractivity contribution in [1.29, 1.82) is 0 Å². The van der Waals surface area contributed by atoms with E-state index in [-0.39, 0.29) is 47.8 Å². The molecule has 4 rings (SSSR count). The first-order chi connectivity index (χ1) is 14.8. The monoisotopic (exact) mass is 437 g/mol. The second kappa shape index (κ2) is 11.7. The average molecular weight is 438 g/mol. The Labute approximate surface area is 183 Å². The number of amides is 7. The highest BCUT2D eigenvalue weighted by molar-refractivity contribution is 6.04. The van der Waals surface area contributed by atoms with Gasteiger partial charge in [0.2, 0.25) is 5.91 Å². The molecule has 4 heterocycles. The Morgan fingerprint density at radius 3 is 1.74 bits per heavy atom. The van der Waals surface area contributed by atoms with Gasteiger partial charge in [-0.15, -0.1) is 0 Å². The minimum absolute atomic E-state index is 0.0601. The number of urea groups is 2. The van der Waals surface area contributed by atoms with Crippen LogP contribution < -0.4 is 16.4 Å². The highest BCUT2D eigenvalue weighted by Gasteiger charge is 2.40. The fraction of sp³-hybridized carbons (Fsp3) is 0.762. The molecule has 0 saturated carbocycles. The van der Waals surface area contributed by atoms with E-state index >= 15 is 0 Å². The Bertz CT molecular complexity index is 608. The summed E-state index contributed by atoms with van der Waals surface area (Å²) in [6, 6.07) is -0.730. The van der Waals surface area contributed by atoms with Crippen molar-refractivity contribution >= 4 is 29.8 Å². The Hall–Kier alpha value is -2.65. The number of hydrogen-bond acceptors (Lipinski definition) is 5. The molecule has 3 unspecified atom stereocenters. The fourth-order valence-electron chi connectivity index (χ4n) is 4.07. The smallest absolute Gasteiger partial charge is 0.324 e. The molecule has 4 saturated heterocycles. The van der Waals surface area contributed by atoms with E-state index in [1.165, 1.54) is 0 Å². The Balaban J connectivity index is 0.000000167. The molecule has 7 amide bonds. The lowest BCUT2D eigenvalue weighted by molar-refractivity contribution is -0.122. The van der Waals surface area contributed by atoms with Crippen LogP contribution in [0.3, 0.4) is 0 Å². The minimum Gasteiger partial charge on any atom is -0.369 e. The number of nitrogens with zero attached hydrogens (tertiary/aromatic N) is 2. The lowest BCUT2D eigenvalue weighted by Crippen LogP contribution is -2.38. The molecule has 10 heteroatoms. The van der Waals surface area contributed by atoms with Crippen LogP contribution in [0.5, 0.6) is 0 Å². The van der Waals surface area contributed by atoms with Crippen LogP contribution >= 0.6 is 0 Å². The van der Waals surface area contributed by atoms with Crippen LogP contribution in [0.15, 0.2) is 0 Å². The predicted octanol–water partition coefficient (Wildman–Crippen LogP) is 1.48. The largest absolute Gasteiger partial charge is 0.369 e. The van der Waals surface area contributed by atoms with Crippen LogP contribution in [-0.2, 0) is 14.4 Å². The molecular weight excluding hydrogens is 402 g/mol. The van der Waals surface area contributed by atoms with Gasteiger partial charge in [-0.2, -0.15) is 0 Å². The van der Waals surface area contributed by atoms with Gasteiger partial charge < -0.3 is 15.5 Å². The van der Waals surface area contributed by atoms with Crippen molar-refractivity contribution < 1.29 is 24.0 Å². The minimum atomic E-state index is -0.209. The van der Waals surface area contributed by atoms with Gasteiger partial charge in [0.25, 0.3) is 11.8 Å². The normalized spacial score (nSPS) is 25.2. The van der Waals surface area contributed by atoms with Crippen molar-refractivity contribution in [2.24, 2.45) is 11.7 Å². The van der Waals surface area contributed by atoms with Gasteiger partial charge in [0, 0.05) is 19.0 Å². The number of imide groups is 2. The Morgan fingerprint density at radius 2 is 1.39 bits per heavy atom. The molecule has 4 N–H and O–H groups in total. The summed E-state index contributed by atoms with van der Waals surface area (Å²) in [4.78, 5) is 57.8. The zero-order valence-electron chi connectivity index (χ0n) is 18.5. The number of hydrogen-bond donors (Lipinski definition) is 3. The SMILES string of the molecule is CCCCC(C)C(N)=O.O=C1NC(=O)N2CCCCC12.O=C1NC(=O)N2CCCCC12. The van der Waals surface area contributed by atoms with Crippen LogP contribution in [0.2, 0.25) is 0 Å². The van der Waals surface area contributed by atoms with Crippen molar-refractivity contribution in [3.8, 4) is 0 Å². The van der Waals surface area contributed by atoms with E-state index in [9.17, 15) is 24.0 Å². The van der Waals surface area contributed by atoms with E-state index < -0.39 is 0 Å². The number of piperidine rings is 2. The molecular formula is C21H35N5O5. The van der Waals surface area contributed by atoms with Crippen molar-refractivity contribution in [2.45, 2.75) is 83.7 Å². The van der Waals surface area contributed by atoms with E-state index in [0.29, 0.717) is 0 Å². The number of carbonyl (C=O) groups is 5. The Kier molecular flexibility index (Phi) is 9.26. The predicted molar refractivity (Wildman–Crippen MR) is 114 cm³/mol. The summed E-state index contributed by atoms with van der Waals surface area (Å²) < 4.78 is 0. The number of fused-ring (bicyclic) bond motifs is 2.